The van der Waals surface area contributed by atoms with Crippen molar-refractivity contribution in [3.63, 3.8) is 0 Å². The van der Waals surface area contributed by atoms with Crippen LogP contribution in [0.25, 0.3) is 0 Å². The lowest BCUT2D eigenvalue weighted by atomic mass is 10.1. The SMILES string of the molecule is O=C(c1cc([N+](=O)[O-])cn1C1CC1)N1CC[C@H]2CNC[C@H]21. The molecule has 0 unspecified atom stereocenters. The second-order valence-electron chi connectivity index (χ2n) is 6.25. The molecular formula is C14H18N4O3. The first-order chi connectivity index (χ1) is 10.1. The zero-order valence-corrected chi connectivity index (χ0v) is 11.7. The topological polar surface area (TPSA) is 80.4 Å². The van der Waals surface area contributed by atoms with Gasteiger partial charge < -0.3 is 14.8 Å². The average molecular weight is 290 g/mol. The number of carbonyl (C=O) groups excluding carboxylic acids is 1. The third-order valence-electron chi connectivity index (χ3n) is 4.91. The molecule has 3 aliphatic rings. The smallest absolute Gasteiger partial charge is 0.287 e. The Morgan fingerprint density at radius 1 is 1.33 bits per heavy atom. The fourth-order valence-corrected chi connectivity index (χ4v) is 3.64. The summed E-state index contributed by atoms with van der Waals surface area (Å²) in [4.78, 5) is 25.3. The van der Waals surface area contributed by atoms with Gasteiger partial charge in [0.2, 0.25) is 0 Å². The standard InChI is InChI=1S/C14H18N4O3/c19-14(16-4-3-9-6-15-7-13(9)16)12-5-11(18(20)21)8-17(12)10-1-2-10/h5,8-10,13,15H,1-4,6-7H2/t9-,13+/m0/s1. The number of likely N-dealkylation sites (tertiary alicyclic amines) is 1. The maximum absolute atomic E-state index is 12.8. The van der Waals surface area contributed by atoms with E-state index in [9.17, 15) is 14.9 Å². The van der Waals surface area contributed by atoms with Gasteiger partial charge in [-0.3, -0.25) is 14.9 Å². The third-order valence-corrected chi connectivity index (χ3v) is 4.91. The second-order valence-corrected chi connectivity index (χ2v) is 6.25. The molecule has 1 N–H and O–H groups in total. The Kier molecular flexibility index (Phi) is 2.78. The van der Waals surface area contributed by atoms with Gasteiger partial charge in [-0.2, -0.15) is 0 Å². The van der Waals surface area contributed by atoms with E-state index in [0.29, 0.717) is 11.6 Å². The summed E-state index contributed by atoms with van der Waals surface area (Å²) in [6, 6.07) is 1.95. The first kappa shape index (κ1) is 12.8. The van der Waals surface area contributed by atoms with Crippen molar-refractivity contribution in [1.82, 2.24) is 14.8 Å². The highest BCUT2D eigenvalue weighted by Crippen LogP contribution is 2.39. The van der Waals surface area contributed by atoms with E-state index in [0.717, 1.165) is 38.9 Å². The number of rotatable bonds is 3. The van der Waals surface area contributed by atoms with Gasteiger partial charge in [0.15, 0.2) is 0 Å². The fourth-order valence-electron chi connectivity index (χ4n) is 3.64. The molecule has 3 fully saturated rings. The van der Waals surface area contributed by atoms with E-state index in [1.165, 1.54) is 12.3 Å². The van der Waals surface area contributed by atoms with Crippen molar-refractivity contribution in [2.24, 2.45) is 5.92 Å². The molecule has 1 aromatic rings. The number of amides is 1. The van der Waals surface area contributed by atoms with E-state index in [2.05, 4.69) is 5.32 Å². The normalized spacial score (nSPS) is 27.9. The van der Waals surface area contributed by atoms with Gasteiger partial charge >= 0.3 is 0 Å². The van der Waals surface area contributed by atoms with Crippen molar-refractivity contribution < 1.29 is 9.72 Å². The van der Waals surface area contributed by atoms with Crippen molar-refractivity contribution >= 4 is 11.6 Å². The van der Waals surface area contributed by atoms with Crippen LogP contribution in [0.5, 0.6) is 0 Å². The molecule has 1 amide bonds. The molecule has 0 aromatic carbocycles. The second kappa shape index (κ2) is 4.56. The molecule has 4 rings (SSSR count). The predicted octanol–water partition coefficient (Wildman–Crippen LogP) is 1.17. The van der Waals surface area contributed by atoms with Crippen LogP contribution in [0.1, 0.15) is 35.8 Å². The lowest BCUT2D eigenvalue weighted by molar-refractivity contribution is -0.384. The highest BCUT2D eigenvalue weighted by atomic mass is 16.6. The van der Waals surface area contributed by atoms with Crippen molar-refractivity contribution in [2.45, 2.75) is 31.3 Å². The Morgan fingerprint density at radius 2 is 2.14 bits per heavy atom. The molecule has 21 heavy (non-hydrogen) atoms. The zero-order chi connectivity index (χ0) is 14.6. The summed E-state index contributed by atoms with van der Waals surface area (Å²) in [5.74, 6) is 0.486. The van der Waals surface area contributed by atoms with E-state index >= 15 is 0 Å². The van der Waals surface area contributed by atoms with Gasteiger partial charge in [-0.25, -0.2) is 0 Å². The lowest BCUT2D eigenvalue weighted by Gasteiger charge is -2.23. The van der Waals surface area contributed by atoms with Crippen LogP contribution in [0.15, 0.2) is 12.3 Å². The summed E-state index contributed by atoms with van der Waals surface area (Å²) < 4.78 is 1.82. The van der Waals surface area contributed by atoms with Gasteiger partial charge in [-0.1, -0.05) is 0 Å². The molecule has 0 radical (unpaired) electrons. The number of nitrogens with zero attached hydrogens (tertiary/aromatic N) is 3. The van der Waals surface area contributed by atoms with E-state index in [1.54, 1.807) is 0 Å². The summed E-state index contributed by atoms with van der Waals surface area (Å²) >= 11 is 0. The minimum Gasteiger partial charge on any atom is -0.334 e. The first-order valence-electron chi connectivity index (χ1n) is 7.53. The van der Waals surface area contributed by atoms with Crippen molar-refractivity contribution in [1.29, 1.82) is 0 Å². The van der Waals surface area contributed by atoms with E-state index in [4.69, 9.17) is 0 Å². The first-order valence-corrected chi connectivity index (χ1v) is 7.53. The van der Waals surface area contributed by atoms with Crippen LogP contribution in [0.3, 0.4) is 0 Å². The van der Waals surface area contributed by atoms with Crippen molar-refractivity contribution in [2.75, 3.05) is 19.6 Å². The van der Waals surface area contributed by atoms with Crippen LogP contribution in [0.4, 0.5) is 5.69 Å². The van der Waals surface area contributed by atoms with Crippen molar-refractivity contribution in [3.05, 3.63) is 28.1 Å². The molecule has 7 heteroatoms. The van der Waals surface area contributed by atoms with E-state index < -0.39 is 4.92 Å². The minimum atomic E-state index is -0.417. The number of aromatic nitrogens is 1. The van der Waals surface area contributed by atoms with Gasteiger partial charge in [0.25, 0.3) is 11.6 Å². The molecular weight excluding hydrogens is 272 g/mol. The zero-order valence-electron chi connectivity index (χ0n) is 11.7. The van der Waals surface area contributed by atoms with Crippen LogP contribution >= 0.6 is 0 Å². The van der Waals surface area contributed by atoms with Gasteiger partial charge in [0.05, 0.1) is 11.1 Å². The molecule has 0 bridgehead atoms. The van der Waals surface area contributed by atoms with Gasteiger partial charge in [0.1, 0.15) is 5.69 Å². The fraction of sp³-hybridized carbons (Fsp3) is 0.643. The van der Waals surface area contributed by atoms with Crippen LogP contribution in [-0.2, 0) is 0 Å². The molecule has 1 saturated carbocycles. The number of hydrogen-bond acceptors (Lipinski definition) is 4. The average Bonchev–Trinajstić information content (AvgIpc) is 2.91. The van der Waals surface area contributed by atoms with Gasteiger partial charge in [-0.15, -0.1) is 0 Å². The third kappa shape index (κ3) is 2.03. The summed E-state index contributed by atoms with van der Waals surface area (Å²) in [6.45, 7) is 2.57. The molecule has 7 nitrogen and oxygen atoms in total. The highest BCUT2D eigenvalue weighted by molar-refractivity contribution is 5.94. The van der Waals surface area contributed by atoms with Crippen LogP contribution in [0, 0.1) is 16.0 Å². The Hall–Kier alpha value is -1.89. The van der Waals surface area contributed by atoms with Crippen LogP contribution in [-0.4, -0.2) is 46.0 Å². The molecule has 0 spiro atoms. The molecule has 3 heterocycles. The predicted molar refractivity (Wildman–Crippen MR) is 75.2 cm³/mol. The van der Waals surface area contributed by atoms with Crippen LogP contribution in [0.2, 0.25) is 0 Å². The molecule has 2 aliphatic heterocycles. The summed E-state index contributed by atoms with van der Waals surface area (Å²) in [6.07, 6.45) is 4.54. The maximum Gasteiger partial charge on any atom is 0.287 e. The number of carbonyl (C=O) groups is 1. The number of nitrogens with one attached hydrogen (secondary N) is 1. The number of fused-ring (bicyclic) bond motifs is 1. The molecule has 2 saturated heterocycles. The number of nitro groups is 1. The Balaban J connectivity index is 1.65. The quantitative estimate of drug-likeness (QED) is 0.669. The summed E-state index contributed by atoms with van der Waals surface area (Å²) in [7, 11) is 0. The largest absolute Gasteiger partial charge is 0.334 e. The van der Waals surface area contributed by atoms with Gasteiger partial charge in [-0.05, 0) is 25.2 Å². The van der Waals surface area contributed by atoms with Gasteiger partial charge in [0, 0.05) is 37.8 Å². The molecule has 112 valence electrons. The van der Waals surface area contributed by atoms with E-state index in [1.807, 2.05) is 9.47 Å². The monoisotopic (exact) mass is 290 g/mol. The molecule has 1 aliphatic carbocycles. The summed E-state index contributed by atoms with van der Waals surface area (Å²) in [5.41, 5.74) is 0.502. The lowest BCUT2D eigenvalue weighted by Crippen LogP contribution is -2.39. The maximum atomic E-state index is 12.8. The Bertz CT molecular complexity index is 607. The Labute approximate surface area is 122 Å². The minimum absolute atomic E-state index is 0.0190. The van der Waals surface area contributed by atoms with Crippen LogP contribution < -0.4 is 5.32 Å². The molecule has 2 atom stereocenters. The van der Waals surface area contributed by atoms with Crippen molar-refractivity contribution in [3.8, 4) is 0 Å². The highest BCUT2D eigenvalue weighted by Gasteiger charge is 2.42. The summed E-state index contributed by atoms with van der Waals surface area (Å²) in [5, 5.41) is 14.3. The number of hydrogen-bond donors (Lipinski definition) is 1. The van der Waals surface area contributed by atoms with E-state index in [-0.39, 0.29) is 23.7 Å². The Morgan fingerprint density at radius 3 is 2.86 bits per heavy atom. The molecule has 1 aromatic heterocycles.